The number of allylic oxidation sites excluding steroid dienone is 17. The summed E-state index contributed by atoms with van der Waals surface area (Å²) in [7, 11) is -4.77. The Balaban J connectivity index is 4.79. The van der Waals surface area contributed by atoms with Gasteiger partial charge in [0.2, 0.25) is 0 Å². The predicted octanol–water partition coefficient (Wildman–Crippen LogP) is 15.5. The molecule has 0 aliphatic carbocycles. The first-order chi connectivity index (χ1) is 34.2. The Morgan fingerprint density at radius 2 is 0.800 bits per heavy atom. The van der Waals surface area contributed by atoms with Crippen LogP contribution in [0.2, 0.25) is 0 Å². The van der Waals surface area contributed by atoms with Crippen LogP contribution < -0.4 is 0 Å². The summed E-state index contributed by atoms with van der Waals surface area (Å²) in [5, 5.41) is 9.76. The molecule has 12 heteroatoms. The maximum absolute atomic E-state index is 12.9. The Kier molecular flexibility index (Phi) is 48.7. The largest absolute Gasteiger partial charge is 0.472 e. The molecule has 0 fully saturated rings. The van der Waals surface area contributed by atoms with E-state index < -0.39 is 57.8 Å². The number of aliphatic hydroxyl groups is 1. The van der Waals surface area contributed by atoms with Crippen molar-refractivity contribution >= 4 is 25.7 Å². The predicted molar refractivity (Wildman–Crippen MR) is 288 cm³/mol. The lowest BCUT2D eigenvalue weighted by molar-refractivity contribution is -0.161. The fourth-order valence-corrected chi connectivity index (χ4v) is 7.50. The lowest BCUT2D eigenvalue weighted by atomic mass is 10.1. The van der Waals surface area contributed by atoms with E-state index in [0.717, 1.165) is 109 Å². The molecule has 0 aromatic carbocycles. The van der Waals surface area contributed by atoms with E-state index in [4.69, 9.17) is 23.3 Å². The number of hydrogen-bond acceptors (Lipinski definition) is 10. The van der Waals surface area contributed by atoms with Gasteiger partial charge in [0.1, 0.15) is 12.7 Å². The lowest BCUT2D eigenvalue weighted by Crippen LogP contribution is -2.30. The van der Waals surface area contributed by atoms with E-state index in [0.29, 0.717) is 19.3 Å². The molecule has 0 spiro atoms. The van der Waals surface area contributed by atoms with E-state index in [-0.39, 0.29) is 25.9 Å². The first-order valence-electron chi connectivity index (χ1n) is 26.8. The molecule has 0 aromatic heterocycles. The van der Waals surface area contributed by atoms with Crippen molar-refractivity contribution in [3.63, 3.8) is 0 Å². The van der Waals surface area contributed by atoms with Crippen LogP contribution in [0.4, 0.5) is 0 Å². The minimum Gasteiger partial charge on any atom is -0.462 e. The van der Waals surface area contributed by atoms with E-state index >= 15 is 0 Å². The van der Waals surface area contributed by atoms with Crippen LogP contribution in [0, 0.1) is 0 Å². The zero-order chi connectivity index (χ0) is 51.3. The number of unbranched alkanes of at least 4 members (excludes halogenated alkanes) is 14. The van der Waals surface area contributed by atoms with E-state index in [1.54, 1.807) is 6.08 Å². The molecule has 0 aromatic rings. The Hall–Kier alpha value is -3.86. The molecule has 0 amide bonds. The molecule has 0 bridgehead atoms. The van der Waals surface area contributed by atoms with E-state index in [1.165, 1.54) is 32.1 Å². The maximum atomic E-state index is 12.9. The second kappa shape index (κ2) is 51.5. The summed E-state index contributed by atoms with van der Waals surface area (Å²) >= 11 is 0. The van der Waals surface area contributed by atoms with Crippen LogP contribution >= 0.6 is 7.82 Å². The minimum absolute atomic E-state index is 0.0601. The third-order valence-electron chi connectivity index (χ3n) is 10.7. The number of carbonyl (C=O) groups is 3. The number of rotatable bonds is 48. The average Bonchev–Trinajstić information content (AvgIpc) is 3.35. The van der Waals surface area contributed by atoms with Crippen molar-refractivity contribution in [2.24, 2.45) is 0 Å². The summed E-state index contributed by atoms with van der Waals surface area (Å²) in [6.45, 7) is 4.24. The van der Waals surface area contributed by atoms with Crippen LogP contribution in [-0.4, -0.2) is 66.5 Å². The zero-order valence-electron chi connectivity index (χ0n) is 43.7. The van der Waals surface area contributed by atoms with Gasteiger partial charge >= 0.3 is 25.7 Å². The molecule has 0 heterocycles. The monoisotopic (exact) mass is 999 g/mol. The molecule has 398 valence electrons. The topological polar surface area (TPSA) is 155 Å². The second-order valence-electron chi connectivity index (χ2n) is 17.3. The van der Waals surface area contributed by atoms with Crippen molar-refractivity contribution in [3.05, 3.63) is 109 Å². The van der Waals surface area contributed by atoms with Gasteiger partial charge < -0.3 is 24.2 Å². The van der Waals surface area contributed by atoms with Crippen LogP contribution in [-0.2, 0) is 42.2 Å². The zero-order valence-corrected chi connectivity index (χ0v) is 44.6. The molecule has 2 N–H and O–H groups in total. The molecule has 0 saturated carbocycles. The number of hydrogen-bond donors (Lipinski definition) is 2. The summed E-state index contributed by atoms with van der Waals surface area (Å²) in [4.78, 5) is 48.2. The molecule has 0 aliphatic rings. The second-order valence-corrected chi connectivity index (χ2v) is 18.8. The standard InChI is InChI=1S/C58H95O11P/c1-4-7-10-13-16-19-21-23-25-26-27-28-30-32-34-37-40-43-46-49-58(62)69-55(51-65-56(60)47-44-41-38-35-18-15-12-9-6-3)53-67-70(63,64)66-52-54(50-59)68-57(61)48-45-42-39-36-33-31-29-24-22-20-17-14-11-8-5-2/h7-8,10-11,16-17,19-20,23-25,27-29,33,36,42,45,54-55,59H,4-6,9,12-15,18,21-22,26,30-32,34-35,37-41,43-44,46-53H2,1-3H3,(H,63,64)/b10-7-,11-8-,19-16-,20-17-,25-23-,28-27-,29-24-,36-33-,45-42-. The fraction of sp³-hybridized carbons (Fsp3) is 0.638. The van der Waals surface area contributed by atoms with Crippen LogP contribution in [0.1, 0.15) is 201 Å². The van der Waals surface area contributed by atoms with E-state index in [9.17, 15) is 28.9 Å². The molecule has 0 radical (unpaired) electrons. The third-order valence-corrected chi connectivity index (χ3v) is 11.7. The van der Waals surface area contributed by atoms with Crippen molar-refractivity contribution in [3.8, 4) is 0 Å². The molecule has 0 rings (SSSR count). The minimum atomic E-state index is -4.77. The average molecular weight is 999 g/mol. The first kappa shape index (κ1) is 66.1. The fourth-order valence-electron chi connectivity index (χ4n) is 6.72. The highest BCUT2D eigenvalue weighted by molar-refractivity contribution is 7.47. The Morgan fingerprint density at radius 3 is 1.26 bits per heavy atom. The number of ether oxygens (including phenoxy) is 3. The molecule has 70 heavy (non-hydrogen) atoms. The van der Waals surface area contributed by atoms with E-state index in [1.807, 2.05) is 18.2 Å². The molecule has 11 nitrogen and oxygen atoms in total. The lowest BCUT2D eigenvalue weighted by Gasteiger charge is -2.21. The van der Waals surface area contributed by atoms with Crippen molar-refractivity contribution in [2.75, 3.05) is 26.4 Å². The normalized spacial score (nSPS) is 14.3. The van der Waals surface area contributed by atoms with Gasteiger partial charge in [-0.1, -0.05) is 207 Å². The molecule has 3 atom stereocenters. The van der Waals surface area contributed by atoms with Crippen LogP contribution in [0.5, 0.6) is 0 Å². The van der Waals surface area contributed by atoms with Gasteiger partial charge in [-0.25, -0.2) is 4.57 Å². The van der Waals surface area contributed by atoms with Crippen molar-refractivity contribution in [2.45, 2.75) is 213 Å². The van der Waals surface area contributed by atoms with Crippen LogP contribution in [0.3, 0.4) is 0 Å². The first-order valence-corrected chi connectivity index (χ1v) is 28.3. The number of carbonyl (C=O) groups excluding carboxylic acids is 3. The smallest absolute Gasteiger partial charge is 0.462 e. The van der Waals surface area contributed by atoms with Gasteiger partial charge in [-0.05, 0) is 83.5 Å². The molecular weight excluding hydrogens is 904 g/mol. The van der Waals surface area contributed by atoms with Gasteiger partial charge in [0.05, 0.1) is 26.2 Å². The van der Waals surface area contributed by atoms with Gasteiger partial charge in [0.15, 0.2) is 6.10 Å². The van der Waals surface area contributed by atoms with Gasteiger partial charge in [-0.3, -0.25) is 23.4 Å². The molecule has 0 aliphatic heterocycles. The van der Waals surface area contributed by atoms with Crippen molar-refractivity contribution in [1.82, 2.24) is 0 Å². The number of aliphatic hydroxyl groups excluding tert-OH is 1. The molecule has 3 unspecified atom stereocenters. The maximum Gasteiger partial charge on any atom is 0.472 e. The van der Waals surface area contributed by atoms with Crippen molar-refractivity contribution < 1.29 is 52.2 Å². The number of phosphoric ester groups is 1. The van der Waals surface area contributed by atoms with Gasteiger partial charge in [-0.2, -0.15) is 0 Å². The Bertz CT molecular complexity index is 1590. The summed E-state index contributed by atoms with van der Waals surface area (Å²) in [6, 6.07) is 0. The quantitative estimate of drug-likeness (QED) is 0.0197. The summed E-state index contributed by atoms with van der Waals surface area (Å²) in [6.07, 6.45) is 60.9. The highest BCUT2D eigenvalue weighted by Gasteiger charge is 2.28. The number of esters is 3. The number of phosphoric acid groups is 1. The summed E-state index contributed by atoms with van der Waals surface area (Å²) in [5.74, 6) is -1.63. The summed E-state index contributed by atoms with van der Waals surface area (Å²) in [5.41, 5.74) is 0. The van der Waals surface area contributed by atoms with Gasteiger partial charge in [0, 0.05) is 12.8 Å². The molecular formula is C58H95O11P. The summed E-state index contributed by atoms with van der Waals surface area (Å²) < 4.78 is 39.2. The van der Waals surface area contributed by atoms with Crippen molar-refractivity contribution in [1.29, 1.82) is 0 Å². The third kappa shape index (κ3) is 49.1. The van der Waals surface area contributed by atoms with Crippen LogP contribution in [0.25, 0.3) is 0 Å². The van der Waals surface area contributed by atoms with Crippen LogP contribution in [0.15, 0.2) is 109 Å². The SMILES string of the molecule is CC/C=C\C/C=C\C/C=C\C/C=C\C/C=C\CC(=O)OC(CO)COP(=O)(O)OCC(COC(=O)CCCCCCCCCCC)OC(=O)CCCCCCCC/C=C\C/C=C\C/C=C\C/C=C\CC. The Labute approximate surface area is 425 Å². The molecule has 0 saturated heterocycles. The highest BCUT2D eigenvalue weighted by Crippen LogP contribution is 2.43. The van der Waals surface area contributed by atoms with Gasteiger partial charge in [0.25, 0.3) is 0 Å². The Morgan fingerprint density at radius 1 is 0.429 bits per heavy atom. The highest BCUT2D eigenvalue weighted by atomic mass is 31.2. The van der Waals surface area contributed by atoms with E-state index in [2.05, 4.69) is 106 Å². The van der Waals surface area contributed by atoms with Gasteiger partial charge in [-0.15, -0.1) is 0 Å².